The number of amides is 2. The number of carbonyl (C=O) groups excluding carboxylic acids is 2. The number of likely N-dealkylation sites (tertiary alicyclic amines) is 2. The fraction of sp³-hybridized carbons (Fsp3) is 0.478. The van der Waals surface area contributed by atoms with Gasteiger partial charge in [0, 0.05) is 49.1 Å². The zero-order valence-corrected chi connectivity index (χ0v) is 18.2. The average Bonchev–Trinajstić information content (AvgIpc) is 3.24. The molecule has 0 bridgehead atoms. The van der Waals surface area contributed by atoms with Gasteiger partial charge in [0.05, 0.1) is 10.8 Å². The van der Waals surface area contributed by atoms with E-state index in [0.717, 1.165) is 29.4 Å². The lowest BCUT2D eigenvalue weighted by Crippen LogP contribution is -2.64. The fourth-order valence-electron chi connectivity index (χ4n) is 4.66. The standard InChI is InChI=1S/C23H29N3O2S/c1-16(2)24-21(27)19-12-25(11-18-7-5-4-6-8-18)13-23(19)14-26(15-23)22(28)20-10-9-17(3)29-20/h4-10,16,19H,11-15H2,1-3H3,(H,24,27). The van der Waals surface area contributed by atoms with Crippen molar-refractivity contribution in [1.29, 1.82) is 0 Å². The van der Waals surface area contributed by atoms with Crippen LogP contribution in [0.3, 0.4) is 0 Å². The molecule has 2 aliphatic rings. The second-order valence-electron chi connectivity index (χ2n) is 8.80. The van der Waals surface area contributed by atoms with Gasteiger partial charge in [0.25, 0.3) is 5.91 Å². The summed E-state index contributed by atoms with van der Waals surface area (Å²) in [7, 11) is 0. The van der Waals surface area contributed by atoms with E-state index in [1.165, 1.54) is 5.56 Å². The Kier molecular flexibility index (Phi) is 5.49. The maximum atomic E-state index is 13.0. The summed E-state index contributed by atoms with van der Waals surface area (Å²) in [5.74, 6) is 0.135. The molecule has 2 amide bonds. The molecule has 2 aliphatic heterocycles. The molecule has 1 aromatic carbocycles. The van der Waals surface area contributed by atoms with Gasteiger partial charge >= 0.3 is 0 Å². The van der Waals surface area contributed by atoms with Crippen LogP contribution in [-0.2, 0) is 11.3 Å². The normalized spacial score (nSPS) is 20.8. The summed E-state index contributed by atoms with van der Waals surface area (Å²) in [6, 6.07) is 14.4. The molecule has 1 unspecified atom stereocenters. The van der Waals surface area contributed by atoms with Crippen LogP contribution in [-0.4, -0.2) is 53.8 Å². The van der Waals surface area contributed by atoms with E-state index in [0.29, 0.717) is 13.1 Å². The molecule has 6 heteroatoms. The lowest BCUT2D eigenvalue weighted by molar-refractivity contribution is -0.131. The van der Waals surface area contributed by atoms with Crippen LogP contribution in [0.5, 0.6) is 0 Å². The number of nitrogens with one attached hydrogen (secondary N) is 1. The van der Waals surface area contributed by atoms with Gasteiger partial charge in [-0.05, 0) is 38.5 Å². The van der Waals surface area contributed by atoms with E-state index in [1.807, 2.05) is 43.9 Å². The topological polar surface area (TPSA) is 52.7 Å². The molecule has 154 valence electrons. The number of nitrogens with zero attached hydrogens (tertiary/aromatic N) is 2. The van der Waals surface area contributed by atoms with E-state index < -0.39 is 0 Å². The van der Waals surface area contributed by atoms with Crippen molar-refractivity contribution in [3.05, 3.63) is 57.8 Å². The third-order valence-electron chi connectivity index (χ3n) is 5.96. The molecule has 29 heavy (non-hydrogen) atoms. The molecule has 1 N–H and O–H groups in total. The fourth-order valence-corrected chi connectivity index (χ4v) is 5.50. The number of hydrogen-bond donors (Lipinski definition) is 1. The van der Waals surface area contributed by atoms with Gasteiger partial charge in [0.2, 0.25) is 5.91 Å². The maximum Gasteiger partial charge on any atom is 0.263 e. The third kappa shape index (κ3) is 4.09. The Balaban J connectivity index is 1.48. The van der Waals surface area contributed by atoms with Crippen LogP contribution < -0.4 is 5.32 Å². The van der Waals surface area contributed by atoms with Crippen molar-refractivity contribution in [3.8, 4) is 0 Å². The Morgan fingerprint density at radius 3 is 2.48 bits per heavy atom. The zero-order chi connectivity index (χ0) is 20.6. The summed E-state index contributed by atoms with van der Waals surface area (Å²) in [5, 5.41) is 3.10. The minimum absolute atomic E-state index is 0.0808. The van der Waals surface area contributed by atoms with E-state index >= 15 is 0 Å². The number of carbonyl (C=O) groups is 2. The van der Waals surface area contributed by atoms with Gasteiger partial charge in [-0.25, -0.2) is 0 Å². The second kappa shape index (κ2) is 7.92. The van der Waals surface area contributed by atoms with Crippen LogP contribution in [0.4, 0.5) is 0 Å². The Hall–Kier alpha value is -2.18. The lowest BCUT2D eigenvalue weighted by atomic mass is 9.71. The van der Waals surface area contributed by atoms with E-state index in [1.54, 1.807) is 11.3 Å². The van der Waals surface area contributed by atoms with Gasteiger partial charge in [0.1, 0.15) is 0 Å². The Bertz CT molecular complexity index is 887. The molecule has 1 aromatic heterocycles. The SMILES string of the molecule is Cc1ccc(C(=O)N2CC3(CN(Cc4ccccc4)CC3C(=O)NC(C)C)C2)s1. The second-order valence-corrected chi connectivity index (χ2v) is 10.1. The molecule has 3 heterocycles. The summed E-state index contributed by atoms with van der Waals surface area (Å²) in [6.45, 7) is 9.76. The predicted molar refractivity (Wildman–Crippen MR) is 116 cm³/mol. The smallest absolute Gasteiger partial charge is 0.263 e. The van der Waals surface area contributed by atoms with Crippen molar-refractivity contribution >= 4 is 23.2 Å². The van der Waals surface area contributed by atoms with E-state index in [2.05, 4.69) is 34.5 Å². The summed E-state index contributed by atoms with van der Waals surface area (Å²) in [4.78, 5) is 32.0. The Morgan fingerprint density at radius 1 is 1.14 bits per heavy atom. The molecule has 1 spiro atoms. The highest BCUT2D eigenvalue weighted by molar-refractivity contribution is 7.13. The summed E-state index contributed by atoms with van der Waals surface area (Å²) in [5.41, 5.74) is 1.12. The van der Waals surface area contributed by atoms with Gasteiger partial charge in [-0.15, -0.1) is 11.3 Å². The first kappa shape index (κ1) is 20.1. The number of thiophene rings is 1. The van der Waals surface area contributed by atoms with Gasteiger partial charge in [-0.3, -0.25) is 14.5 Å². The Morgan fingerprint density at radius 2 is 1.86 bits per heavy atom. The molecule has 2 fully saturated rings. The zero-order valence-electron chi connectivity index (χ0n) is 17.4. The highest BCUT2D eigenvalue weighted by Crippen LogP contribution is 2.45. The first-order valence-corrected chi connectivity index (χ1v) is 11.1. The molecule has 0 aliphatic carbocycles. The lowest BCUT2D eigenvalue weighted by Gasteiger charge is -2.50. The molecule has 2 aromatic rings. The Labute approximate surface area is 176 Å². The molecule has 1 atom stereocenters. The first-order valence-electron chi connectivity index (χ1n) is 10.3. The highest BCUT2D eigenvalue weighted by atomic mass is 32.1. The quantitative estimate of drug-likeness (QED) is 0.822. The largest absolute Gasteiger partial charge is 0.354 e. The summed E-state index contributed by atoms with van der Waals surface area (Å²) >= 11 is 1.54. The van der Waals surface area contributed by atoms with Crippen molar-refractivity contribution in [1.82, 2.24) is 15.1 Å². The predicted octanol–water partition coefficient (Wildman–Crippen LogP) is 3.16. The minimum Gasteiger partial charge on any atom is -0.354 e. The monoisotopic (exact) mass is 411 g/mol. The summed E-state index contributed by atoms with van der Waals surface area (Å²) < 4.78 is 0. The number of hydrogen-bond acceptors (Lipinski definition) is 4. The molecular formula is C23H29N3O2S. The summed E-state index contributed by atoms with van der Waals surface area (Å²) in [6.07, 6.45) is 0. The van der Waals surface area contributed by atoms with E-state index in [4.69, 9.17) is 0 Å². The highest BCUT2D eigenvalue weighted by Gasteiger charge is 2.57. The first-order chi connectivity index (χ1) is 13.9. The van der Waals surface area contributed by atoms with E-state index in [9.17, 15) is 9.59 Å². The van der Waals surface area contributed by atoms with Crippen LogP contribution in [0.25, 0.3) is 0 Å². The molecular weight excluding hydrogens is 382 g/mol. The van der Waals surface area contributed by atoms with Crippen LogP contribution >= 0.6 is 11.3 Å². The number of benzene rings is 1. The van der Waals surface area contributed by atoms with Crippen LogP contribution in [0, 0.1) is 18.3 Å². The third-order valence-corrected chi connectivity index (χ3v) is 6.95. The molecule has 4 rings (SSSR count). The van der Waals surface area contributed by atoms with Crippen molar-refractivity contribution in [2.75, 3.05) is 26.2 Å². The van der Waals surface area contributed by atoms with Gasteiger partial charge in [0.15, 0.2) is 0 Å². The average molecular weight is 412 g/mol. The van der Waals surface area contributed by atoms with Crippen LogP contribution in [0.15, 0.2) is 42.5 Å². The molecule has 0 saturated carbocycles. The van der Waals surface area contributed by atoms with Gasteiger partial charge in [-0.1, -0.05) is 30.3 Å². The number of rotatable bonds is 5. The minimum atomic E-state index is -0.143. The molecule has 2 saturated heterocycles. The number of aryl methyl sites for hydroxylation is 1. The van der Waals surface area contributed by atoms with Gasteiger partial charge in [-0.2, -0.15) is 0 Å². The van der Waals surface area contributed by atoms with E-state index in [-0.39, 0.29) is 29.2 Å². The van der Waals surface area contributed by atoms with Crippen LogP contribution in [0.2, 0.25) is 0 Å². The van der Waals surface area contributed by atoms with Crippen molar-refractivity contribution < 1.29 is 9.59 Å². The van der Waals surface area contributed by atoms with Gasteiger partial charge < -0.3 is 10.2 Å². The van der Waals surface area contributed by atoms with Crippen molar-refractivity contribution in [3.63, 3.8) is 0 Å². The van der Waals surface area contributed by atoms with Crippen molar-refractivity contribution in [2.24, 2.45) is 11.3 Å². The van der Waals surface area contributed by atoms with Crippen molar-refractivity contribution in [2.45, 2.75) is 33.4 Å². The maximum absolute atomic E-state index is 13.0. The molecule has 0 radical (unpaired) electrons. The molecule has 5 nitrogen and oxygen atoms in total. The van der Waals surface area contributed by atoms with Crippen LogP contribution in [0.1, 0.15) is 34.0 Å².